The number of carbonyl (C=O) groups is 2. The zero-order valence-corrected chi connectivity index (χ0v) is 15.5. The highest BCUT2D eigenvalue weighted by molar-refractivity contribution is 6.30. The van der Waals surface area contributed by atoms with E-state index in [0.717, 1.165) is 10.6 Å². The number of halogens is 1. The topological polar surface area (TPSA) is 61.8 Å². The lowest BCUT2D eigenvalue weighted by molar-refractivity contribution is -0.130. The second kappa shape index (κ2) is 7.29. The van der Waals surface area contributed by atoms with Gasteiger partial charge in [-0.1, -0.05) is 84.4 Å². The largest absolute Gasteiger partial charge is 0.346 e. The molecule has 1 heterocycles. The summed E-state index contributed by atoms with van der Waals surface area (Å²) >= 11 is 5.89. The van der Waals surface area contributed by atoms with Crippen molar-refractivity contribution in [2.45, 2.75) is 5.54 Å². The monoisotopic (exact) mass is 389 g/mol. The molecular weight excluding hydrogens is 374 g/mol. The molecular formula is C22H16ClN3O2. The Labute approximate surface area is 167 Å². The van der Waals surface area contributed by atoms with Crippen molar-refractivity contribution in [3.8, 4) is 0 Å². The second-order valence-electron chi connectivity index (χ2n) is 6.33. The van der Waals surface area contributed by atoms with Gasteiger partial charge in [-0.3, -0.25) is 4.79 Å². The maximum atomic E-state index is 13.4. The summed E-state index contributed by atoms with van der Waals surface area (Å²) < 4.78 is 0. The molecule has 0 unspecified atom stereocenters. The average molecular weight is 390 g/mol. The molecule has 1 fully saturated rings. The highest BCUT2D eigenvalue weighted by Crippen LogP contribution is 2.36. The van der Waals surface area contributed by atoms with Crippen molar-refractivity contribution in [2.75, 3.05) is 0 Å². The number of rotatable bonds is 4. The lowest BCUT2D eigenvalue weighted by atomic mass is 9.83. The molecule has 1 N–H and O–H groups in total. The minimum Gasteiger partial charge on any atom is -0.314 e. The Kier molecular flexibility index (Phi) is 4.67. The molecule has 3 amide bonds. The van der Waals surface area contributed by atoms with Crippen LogP contribution < -0.4 is 5.32 Å². The summed E-state index contributed by atoms with van der Waals surface area (Å²) in [6, 6.07) is 24.7. The van der Waals surface area contributed by atoms with Crippen LogP contribution in [0.3, 0.4) is 0 Å². The number of hydrogen-bond donors (Lipinski definition) is 1. The van der Waals surface area contributed by atoms with Gasteiger partial charge in [0.05, 0.1) is 6.21 Å². The normalized spacial score (nSPS) is 15.8. The molecule has 3 aromatic rings. The van der Waals surface area contributed by atoms with E-state index in [0.29, 0.717) is 16.1 Å². The number of nitrogens with zero attached hydrogens (tertiary/aromatic N) is 2. The smallest absolute Gasteiger partial charge is 0.314 e. The van der Waals surface area contributed by atoms with E-state index in [1.165, 1.54) is 6.21 Å². The number of nitrogens with one attached hydrogen (secondary N) is 1. The van der Waals surface area contributed by atoms with Gasteiger partial charge in [0.25, 0.3) is 5.91 Å². The van der Waals surface area contributed by atoms with Crippen LogP contribution in [0.5, 0.6) is 0 Å². The van der Waals surface area contributed by atoms with E-state index in [4.69, 9.17) is 11.6 Å². The van der Waals surface area contributed by atoms with E-state index in [2.05, 4.69) is 10.4 Å². The molecule has 0 radical (unpaired) electrons. The van der Waals surface area contributed by atoms with Crippen LogP contribution in [0.4, 0.5) is 4.79 Å². The van der Waals surface area contributed by atoms with Crippen LogP contribution in [0, 0.1) is 0 Å². The molecule has 138 valence electrons. The van der Waals surface area contributed by atoms with Gasteiger partial charge < -0.3 is 5.32 Å². The fourth-order valence-electron chi connectivity index (χ4n) is 3.23. The van der Waals surface area contributed by atoms with Gasteiger partial charge in [0.2, 0.25) is 0 Å². The predicted molar refractivity (Wildman–Crippen MR) is 108 cm³/mol. The van der Waals surface area contributed by atoms with E-state index in [9.17, 15) is 9.59 Å². The molecule has 3 aromatic carbocycles. The molecule has 0 atom stereocenters. The Balaban J connectivity index is 1.76. The molecule has 0 spiro atoms. The molecule has 1 saturated heterocycles. The lowest BCUT2D eigenvalue weighted by Crippen LogP contribution is -2.44. The zero-order valence-electron chi connectivity index (χ0n) is 14.7. The Morgan fingerprint density at radius 1 is 0.821 bits per heavy atom. The van der Waals surface area contributed by atoms with Crippen LogP contribution in [0.1, 0.15) is 16.7 Å². The Bertz CT molecular complexity index is 995. The number of hydrazone groups is 1. The third kappa shape index (κ3) is 3.06. The van der Waals surface area contributed by atoms with Gasteiger partial charge >= 0.3 is 6.03 Å². The molecule has 1 aliphatic rings. The number of benzene rings is 3. The zero-order chi connectivity index (χ0) is 19.6. The van der Waals surface area contributed by atoms with Crippen molar-refractivity contribution >= 4 is 29.8 Å². The van der Waals surface area contributed by atoms with Gasteiger partial charge in [0.15, 0.2) is 5.54 Å². The molecule has 4 rings (SSSR count). The van der Waals surface area contributed by atoms with Crippen molar-refractivity contribution in [1.29, 1.82) is 0 Å². The van der Waals surface area contributed by atoms with E-state index >= 15 is 0 Å². The van der Waals surface area contributed by atoms with Crippen LogP contribution in [-0.4, -0.2) is 23.2 Å². The van der Waals surface area contributed by atoms with E-state index in [1.807, 2.05) is 60.7 Å². The Morgan fingerprint density at radius 3 is 1.89 bits per heavy atom. The third-order valence-corrected chi connectivity index (χ3v) is 4.86. The highest BCUT2D eigenvalue weighted by Gasteiger charge is 2.54. The molecule has 6 heteroatoms. The van der Waals surface area contributed by atoms with Gasteiger partial charge in [0, 0.05) is 5.02 Å². The van der Waals surface area contributed by atoms with Crippen molar-refractivity contribution < 1.29 is 9.59 Å². The van der Waals surface area contributed by atoms with E-state index in [-0.39, 0.29) is 0 Å². The summed E-state index contributed by atoms with van der Waals surface area (Å²) in [6.45, 7) is 0. The van der Waals surface area contributed by atoms with E-state index < -0.39 is 17.5 Å². The summed E-state index contributed by atoms with van der Waals surface area (Å²) in [4.78, 5) is 26.1. The maximum Gasteiger partial charge on any atom is 0.346 e. The number of imide groups is 1. The minimum absolute atomic E-state index is 0.458. The van der Waals surface area contributed by atoms with Gasteiger partial charge in [0.1, 0.15) is 0 Å². The first kappa shape index (κ1) is 17.9. The number of carbonyl (C=O) groups excluding carboxylic acids is 2. The first-order valence-corrected chi connectivity index (χ1v) is 9.06. The van der Waals surface area contributed by atoms with Crippen LogP contribution in [0.25, 0.3) is 0 Å². The summed E-state index contributed by atoms with van der Waals surface area (Å²) in [6.07, 6.45) is 1.46. The Morgan fingerprint density at radius 2 is 1.36 bits per heavy atom. The fraction of sp³-hybridized carbons (Fsp3) is 0.0455. The summed E-state index contributed by atoms with van der Waals surface area (Å²) in [5.41, 5.74) is 0.742. The number of hydrogen-bond acceptors (Lipinski definition) is 3. The fourth-order valence-corrected chi connectivity index (χ4v) is 3.36. The average Bonchev–Trinajstić information content (AvgIpc) is 3.00. The quantitative estimate of drug-likeness (QED) is 0.537. The van der Waals surface area contributed by atoms with Crippen LogP contribution in [-0.2, 0) is 10.3 Å². The SMILES string of the molecule is O=C1NC(c2ccccc2)(c2ccccc2)C(=O)N1/N=C\c1ccc(Cl)cc1. The van der Waals surface area contributed by atoms with Gasteiger partial charge in [-0.25, -0.2) is 4.79 Å². The predicted octanol–water partition coefficient (Wildman–Crippen LogP) is 4.17. The summed E-state index contributed by atoms with van der Waals surface area (Å²) in [5, 5.41) is 8.45. The standard InChI is InChI=1S/C22H16ClN3O2/c23-19-13-11-16(12-14-19)15-24-26-20(27)22(25-21(26)28,17-7-3-1-4-8-17)18-9-5-2-6-10-18/h1-15H,(H,25,28)/b24-15-. The first-order chi connectivity index (χ1) is 13.6. The second-order valence-corrected chi connectivity index (χ2v) is 6.76. The van der Waals surface area contributed by atoms with Gasteiger partial charge in [-0.2, -0.15) is 5.10 Å². The van der Waals surface area contributed by atoms with Crippen LogP contribution >= 0.6 is 11.6 Å². The van der Waals surface area contributed by atoms with Crippen molar-refractivity contribution in [3.05, 3.63) is 107 Å². The Hall–Kier alpha value is -3.44. The third-order valence-electron chi connectivity index (χ3n) is 4.61. The number of urea groups is 1. The van der Waals surface area contributed by atoms with E-state index in [1.54, 1.807) is 24.3 Å². The van der Waals surface area contributed by atoms with Gasteiger partial charge in [-0.15, -0.1) is 5.01 Å². The molecule has 0 bridgehead atoms. The number of amides is 3. The summed E-state index contributed by atoms with van der Waals surface area (Å²) in [7, 11) is 0. The van der Waals surface area contributed by atoms with Gasteiger partial charge in [-0.05, 0) is 28.8 Å². The summed E-state index contributed by atoms with van der Waals surface area (Å²) in [5.74, 6) is -0.458. The van der Waals surface area contributed by atoms with Crippen molar-refractivity contribution in [2.24, 2.45) is 5.10 Å². The molecule has 0 saturated carbocycles. The lowest BCUT2D eigenvalue weighted by Gasteiger charge is -2.27. The molecule has 28 heavy (non-hydrogen) atoms. The van der Waals surface area contributed by atoms with Crippen molar-refractivity contribution in [1.82, 2.24) is 10.3 Å². The first-order valence-electron chi connectivity index (χ1n) is 8.68. The molecule has 0 aliphatic carbocycles. The van der Waals surface area contributed by atoms with Crippen molar-refractivity contribution in [3.63, 3.8) is 0 Å². The van der Waals surface area contributed by atoms with Crippen LogP contribution in [0.15, 0.2) is 90.0 Å². The molecule has 5 nitrogen and oxygen atoms in total. The van der Waals surface area contributed by atoms with Crippen LogP contribution in [0.2, 0.25) is 5.02 Å². The molecule has 0 aromatic heterocycles. The highest BCUT2D eigenvalue weighted by atomic mass is 35.5. The minimum atomic E-state index is -1.32. The molecule has 1 aliphatic heterocycles. The maximum absolute atomic E-state index is 13.4.